The molecule has 1 aliphatic rings. The van der Waals surface area contributed by atoms with Gasteiger partial charge in [-0.25, -0.2) is 0 Å². The molecule has 1 fully saturated rings. The van der Waals surface area contributed by atoms with E-state index >= 15 is 0 Å². The SMILES string of the molecule is COc1cccc(C(=O)Nc2ccc(N3CCC(OC)CC3)cc2)c1. The molecule has 1 saturated heterocycles. The molecule has 2 aromatic rings. The van der Waals surface area contributed by atoms with Crippen LogP contribution in [0.5, 0.6) is 5.75 Å². The lowest BCUT2D eigenvalue weighted by atomic mass is 10.1. The van der Waals surface area contributed by atoms with Gasteiger partial charge in [-0.2, -0.15) is 0 Å². The van der Waals surface area contributed by atoms with E-state index in [4.69, 9.17) is 9.47 Å². The molecule has 0 unspecified atom stereocenters. The van der Waals surface area contributed by atoms with E-state index < -0.39 is 0 Å². The highest BCUT2D eigenvalue weighted by Gasteiger charge is 2.18. The summed E-state index contributed by atoms with van der Waals surface area (Å²) >= 11 is 0. The first-order valence-corrected chi connectivity index (χ1v) is 8.53. The van der Waals surface area contributed by atoms with Gasteiger partial charge >= 0.3 is 0 Å². The van der Waals surface area contributed by atoms with Gasteiger partial charge in [-0.05, 0) is 55.3 Å². The van der Waals surface area contributed by atoms with Gasteiger partial charge < -0.3 is 19.7 Å². The fourth-order valence-corrected chi connectivity index (χ4v) is 3.07. The number of hydrogen-bond acceptors (Lipinski definition) is 4. The number of carbonyl (C=O) groups is 1. The van der Waals surface area contributed by atoms with Crippen LogP contribution in [-0.2, 0) is 4.74 Å². The fraction of sp³-hybridized carbons (Fsp3) is 0.350. The Labute approximate surface area is 148 Å². The van der Waals surface area contributed by atoms with E-state index in [2.05, 4.69) is 10.2 Å². The molecule has 2 aromatic carbocycles. The van der Waals surface area contributed by atoms with Crippen LogP contribution in [0.3, 0.4) is 0 Å². The third-order valence-corrected chi connectivity index (χ3v) is 4.60. The summed E-state index contributed by atoms with van der Waals surface area (Å²) in [6.45, 7) is 1.99. The number of amides is 1. The predicted molar refractivity (Wildman–Crippen MR) is 99.6 cm³/mol. The first-order valence-electron chi connectivity index (χ1n) is 8.53. The van der Waals surface area contributed by atoms with Gasteiger partial charge in [0.2, 0.25) is 0 Å². The average Bonchev–Trinajstić information content (AvgIpc) is 2.68. The minimum absolute atomic E-state index is 0.146. The number of carbonyl (C=O) groups excluding carboxylic acids is 1. The van der Waals surface area contributed by atoms with E-state index in [0.29, 0.717) is 17.4 Å². The quantitative estimate of drug-likeness (QED) is 0.904. The van der Waals surface area contributed by atoms with E-state index in [-0.39, 0.29) is 5.91 Å². The molecule has 1 N–H and O–H groups in total. The Bertz CT molecular complexity index is 707. The van der Waals surface area contributed by atoms with Gasteiger partial charge in [0.1, 0.15) is 5.75 Å². The standard InChI is InChI=1S/C20H24N2O3/c1-24-18-10-12-22(13-11-18)17-8-6-16(7-9-17)21-20(23)15-4-3-5-19(14-15)25-2/h3-9,14,18H,10-13H2,1-2H3,(H,21,23). The van der Waals surface area contributed by atoms with Crippen LogP contribution in [-0.4, -0.2) is 39.3 Å². The fourth-order valence-electron chi connectivity index (χ4n) is 3.07. The molecular formula is C20H24N2O3. The second-order valence-corrected chi connectivity index (χ2v) is 6.16. The Morgan fingerprint density at radius 3 is 2.44 bits per heavy atom. The summed E-state index contributed by atoms with van der Waals surface area (Å²) in [5, 5.41) is 2.92. The number of ether oxygens (including phenoxy) is 2. The molecular weight excluding hydrogens is 316 g/mol. The second kappa shape index (κ2) is 8.03. The molecule has 132 valence electrons. The lowest BCUT2D eigenvalue weighted by molar-refractivity contribution is 0.0819. The monoisotopic (exact) mass is 340 g/mol. The Kier molecular flexibility index (Phi) is 5.56. The van der Waals surface area contributed by atoms with Crippen LogP contribution in [0.2, 0.25) is 0 Å². The van der Waals surface area contributed by atoms with Crippen LogP contribution in [0.4, 0.5) is 11.4 Å². The highest BCUT2D eigenvalue weighted by atomic mass is 16.5. The zero-order valence-corrected chi connectivity index (χ0v) is 14.7. The van der Waals surface area contributed by atoms with Crippen molar-refractivity contribution in [1.82, 2.24) is 0 Å². The number of rotatable bonds is 5. The summed E-state index contributed by atoms with van der Waals surface area (Å²) in [5.41, 5.74) is 2.53. The third kappa shape index (κ3) is 4.31. The first-order chi connectivity index (χ1) is 12.2. The summed E-state index contributed by atoms with van der Waals surface area (Å²) in [4.78, 5) is 14.7. The lowest BCUT2D eigenvalue weighted by Crippen LogP contribution is -2.36. The molecule has 0 spiro atoms. The molecule has 3 rings (SSSR count). The van der Waals surface area contributed by atoms with Crippen molar-refractivity contribution < 1.29 is 14.3 Å². The number of benzene rings is 2. The van der Waals surface area contributed by atoms with Gasteiger partial charge in [0.25, 0.3) is 5.91 Å². The van der Waals surface area contributed by atoms with Crippen molar-refractivity contribution in [1.29, 1.82) is 0 Å². The number of hydrogen-bond donors (Lipinski definition) is 1. The third-order valence-electron chi connectivity index (χ3n) is 4.60. The normalized spacial score (nSPS) is 15.0. The van der Waals surface area contributed by atoms with Gasteiger partial charge in [0, 0.05) is 37.1 Å². The summed E-state index contributed by atoms with van der Waals surface area (Å²) < 4.78 is 10.6. The van der Waals surface area contributed by atoms with Crippen LogP contribution in [0.25, 0.3) is 0 Å². The number of methoxy groups -OCH3 is 2. The average molecular weight is 340 g/mol. The van der Waals surface area contributed by atoms with Crippen LogP contribution >= 0.6 is 0 Å². The molecule has 1 heterocycles. The van der Waals surface area contributed by atoms with Gasteiger partial charge in [-0.1, -0.05) is 6.07 Å². The minimum atomic E-state index is -0.146. The Morgan fingerprint density at radius 2 is 1.80 bits per heavy atom. The highest BCUT2D eigenvalue weighted by molar-refractivity contribution is 6.04. The molecule has 0 aromatic heterocycles. The number of piperidine rings is 1. The van der Waals surface area contributed by atoms with Crippen molar-refractivity contribution in [2.75, 3.05) is 37.5 Å². The maximum Gasteiger partial charge on any atom is 0.255 e. The molecule has 0 radical (unpaired) electrons. The van der Waals surface area contributed by atoms with Crippen LogP contribution in [0.15, 0.2) is 48.5 Å². The largest absolute Gasteiger partial charge is 0.497 e. The van der Waals surface area contributed by atoms with E-state index in [9.17, 15) is 4.79 Å². The number of nitrogens with one attached hydrogen (secondary N) is 1. The Hall–Kier alpha value is -2.53. The topological polar surface area (TPSA) is 50.8 Å². The predicted octanol–water partition coefficient (Wildman–Crippen LogP) is 3.56. The number of anilines is 2. The van der Waals surface area contributed by atoms with E-state index in [1.54, 1.807) is 32.4 Å². The van der Waals surface area contributed by atoms with Crippen LogP contribution in [0.1, 0.15) is 23.2 Å². The smallest absolute Gasteiger partial charge is 0.255 e. The van der Waals surface area contributed by atoms with E-state index in [1.807, 2.05) is 30.3 Å². The molecule has 0 atom stereocenters. The first kappa shape index (κ1) is 17.3. The zero-order valence-electron chi connectivity index (χ0n) is 14.7. The van der Waals surface area contributed by atoms with Crippen molar-refractivity contribution in [3.63, 3.8) is 0 Å². The van der Waals surface area contributed by atoms with Gasteiger partial charge in [-0.3, -0.25) is 4.79 Å². The molecule has 5 nitrogen and oxygen atoms in total. The Balaban J connectivity index is 1.61. The van der Waals surface area contributed by atoms with Crippen molar-refractivity contribution in [3.05, 3.63) is 54.1 Å². The van der Waals surface area contributed by atoms with Gasteiger partial charge in [0.05, 0.1) is 13.2 Å². The maximum absolute atomic E-state index is 12.3. The summed E-state index contributed by atoms with van der Waals surface area (Å²) in [7, 11) is 3.37. The molecule has 0 aliphatic carbocycles. The van der Waals surface area contributed by atoms with Crippen LogP contribution in [0, 0.1) is 0 Å². The summed E-state index contributed by atoms with van der Waals surface area (Å²) in [5.74, 6) is 0.523. The van der Waals surface area contributed by atoms with Crippen molar-refractivity contribution in [2.24, 2.45) is 0 Å². The lowest BCUT2D eigenvalue weighted by Gasteiger charge is -2.33. The van der Waals surface area contributed by atoms with Crippen molar-refractivity contribution in [2.45, 2.75) is 18.9 Å². The minimum Gasteiger partial charge on any atom is -0.497 e. The van der Waals surface area contributed by atoms with Gasteiger partial charge in [-0.15, -0.1) is 0 Å². The molecule has 0 saturated carbocycles. The molecule has 1 aliphatic heterocycles. The van der Waals surface area contributed by atoms with Crippen LogP contribution < -0.4 is 15.0 Å². The van der Waals surface area contributed by atoms with Crippen molar-refractivity contribution >= 4 is 17.3 Å². The molecule has 5 heteroatoms. The summed E-state index contributed by atoms with van der Waals surface area (Å²) in [6.07, 6.45) is 2.47. The molecule has 0 bridgehead atoms. The molecule has 1 amide bonds. The van der Waals surface area contributed by atoms with E-state index in [0.717, 1.165) is 31.6 Å². The Morgan fingerprint density at radius 1 is 1.08 bits per heavy atom. The van der Waals surface area contributed by atoms with E-state index in [1.165, 1.54) is 5.69 Å². The zero-order chi connectivity index (χ0) is 17.6. The van der Waals surface area contributed by atoms with Gasteiger partial charge in [0.15, 0.2) is 0 Å². The van der Waals surface area contributed by atoms with Crippen molar-refractivity contribution in [3.8, 4) is 5.75 Å². The maximum atomic E-state index is 12.3. The second-order valence-electron chi connectivity index (χ2n) is 6.16. The molecule has 25 heavy (non-hydrogen) atoms. The summed E-state index contributed by atoms with van der Waals surface area (Å²) in [6, 6.07) is 15.1. The number of nitrogens with zero attached hydrogens (tertiary/aromatic N) is 1. The highest BCUT2D eigenvalue weighted by Crippen LogP contribution is 2.23.